The number of anilines is 1. The van der Waals surface area contributed by atoms with Crippen molar-refractivity contribution in [1.82, 2.24) is 10.3 Å². The largest absolute Gasteiger partial charge is 0.416 e. The van der Waals surface area contributed by atoms with Crippen molar-refractivity contribution in [2.24, 2.45) is 0 Å². The van der Waals surface area contributed by atoms with E-state index < -0.39 is 30.4 Å². The second-order valence-electron chi connectivity index (χ2n) is 6.23. The zero-order valence-corrected chi connectivity index (χ0v) is 15.1. The van der Waals surface area contributed by atoms with Crippen LogP contribution in [0.2, 0.25) is 0 Å². The standard InChI is InChI=1S/C21H18F3N3O2/c22-21(23,24)18-4-2-1-3-17(18)19(13-28)27-20(29)26-16-7-5-14(6-8-16)15-9-11-25-12-10-15/h1-12,19,28H,13H2,(H2,26,27,29)/t19-/m1/s1. The molecule has 3 rings (SSSR count). The van der Waals surface area contributed by atoms with Crippen LogP contribution in [0, 0.1) is 0 Å². The van der Waals surface area contributed by atoms with E-state index in [0.717, 1.165) is 17.2 Å². The third kappa shape index (κ3) is 5.11. The highest BCUT2D eigenvalue weighted by Gasteiger charge is 2.35. The first-order valence-electron chi connectivity index (χ1n) is 8.73. The average molecular weight is 401 g/mol. The number of aliphatic hydroxyl groups is 1. The minimum atomic E-state index is -4.59. The van der Waals surface area contributed by atoms with Gasteiger partial charge in [0.15, 0.2) is 0 Å². The fraction of sp³-hybridized carbons (Fsp3) is 0.143. The summed E-state index contributed by atoms with van der Waals surface area (Å²) in [7, 11) is 0. The van der Waals surface area contributed by atoms with Crippen molar-refractivity contribution in [2.75, 3.05) is 11.9 Å². The van der Waals surface area contributed by atoms with Gasteiger partial charge >= 0.3 is 12.2 Å². The van der Waals surface area contributed by atoms with E-state index in [0.29, 0.717) is 5.69 Å². The van der Waals surface area contributed by atoms with Crippen LogP contribution in [0.1, 0.15) is 17.2 Å². The Morgan fingerprint density at radius 3 is 2.21 bits per heavy atom. The Hall–Kier alpha value is -3.39. The van der Waals surface area contributed by atoms with E-state index in [9.17, 15) is 23.1 Å². The van der Waals surface area contributed by atoms with Gasteiger partial charge in [0, 0.05) is 18.1 Å². The van der Waals surface area contributed by atoms with Crippen LogP contribution in [0.5, 0.6) is 0 Å². The molecule has 0 fully saturated rings. The Balaban J connectivity index is 1.70. The van der Waals surface area contributed by atoms with Gasteiger partial charge in [0.25, 0.3) is 0 Å². The minimum absolute atomic E-state index is 0.203. The number of hydrogen-bond acceptors (Lipinski definition) is 3. The number of alkyl halides is 3. The van der Waals surface area contributed by atoms with Crippen LogP contribution in [0.3, 0.4) is 0 Å². The molecule has 1 atom stereocenters. The molecule has 3 aromatic rings. The summed E-state index contributed by atoms with van der Waals surface area (Å²) >= 11 is 0. The summed E-state index contributed by atoms with van der Waals surface area (Å²) in [5.74, 6) is 0. The molecular weight excluding hydrogens is 383 g/mol. The molecule has 0 saturated carbocycles. The lowest BCUT2D eigenvalue weighted by molar-refractivity contribution is -0.138. The number of aliphatic hydroxyl groups excluding tert-OH is 1. The third-order valence-corrected chi connectivity index (χ3v) is 4.29. The van der Waals surface area contributed by atoms with E-state index >= 15 is 0 Å². The number of amides is 2. The highest BCUT2D eigenvalue weighted by Crippen LogP contribution is 2.34. The van der Waals surface area contributed by atoms with Crippen molar-refractivity contribution in [3.63, 3.8) is 0 Å². The molecule has 5 nitrogen and oxygen atoms in total. The van der Waals surface area contributed by atoms with E-state index in [2.05, 4.69) is 15.6 Å². The summed E-state index contributed by atoms with van der Waals surface area (Å²) in [5, 5.41) is 14.5. The maximum absolute atomic E-state index is 13.2. The fourth-order valence-corrected chi connectivity index (χ4v) is 2.90. The Morgan fingerprint density at radius 2 is 1.59 bits per heavy atom. The van der Waals surface area contributed by atoms with Crippen LogP contribution in [0.15, 0.2) is 73.1 Å². The predicted molar refractivity (Wildman–Crippen MR) is 103 cm³/mol. The van der Waals surface area contributed by atoms with E-state index in [1.807, 2.05) is 12.1 Å². The molecule has 1 aromatic heterocycles. The van der Waals surface area contributed by atoms with Crippen molar-refractivity contribution in [3.8, 4) is 11.1 Å². The molecule has 0 radical (unpaired) electrons. The van der Waals surface area contributed by atoms with Crippen LogP contribution >= 0.6 is 0 Å². The number of nitrogens with one attached hydrogen (secondary N) is 2. The van der Waals surface area contributed by atoms with E-state index in [-0.39, 0.29) is 5.56 Å². The number of carbonyl (C=O) groups is 1. The molecule has 8 heteroatoms. The first-order chi connectivity index (χ1) is 13.9. The summed E-state index contributed by atoms with van der Waals surface area (Å²) in [6.45, 7) is -0.679. The fourth-order valence-electron chi connectivity index (χ4n) is 2.90. The number of halogens is 3. The molecule has 0 saturated heterocycles. The first kappa shape index (κ1) is 20.3. The number of nitrogens with zero attached hydrogens (tertiary/aromatic N) is 1. The molecule has 29 heavy (non-hydrogen) atoms. The molecule has 1 heterocycles. The van der Waals surface area contributed by atoms with Crippen LogP contribution in [0.25, 0.3) is 11.1 Å². The number of benzene rings is 2. The number of aromatic nitrogens is 1. The SMILES string of the molecule is O=C(Nc1ccc(-c2ccncc2)cc1)N[C@H](CO)c1ccccc1C(F)(F)F. The van der Waals surface area contributed by atoms with Gasteiger partial charge in [0.05, 0.1) is 18.2 Å². The Labute approximate surface area is 165 Å². The Bertz CT molecular complexity index is 961. The average Bonchev–Trinajstić information content (AvgIpc) is 2.72. The lowest BCUT2D eigenvalue weighted by Gasteiger charge is -2.21. The zero-order valence-electron chi connectivity index (χ0n) is 15.1. The van der Waals surface area contributed by atoms with Gasteiger partial charge in [0.2, 0.25) is 0 Å². The van der Waals surface area contributed by atoms with E-state index in [4.69, 9.17) is 0 Å². The second kappa shape index (κ2) is 8.74. The third-order valence-electron chi connectivity index (χ3n) is 4.29. The van der Waals surface area contributed by atoms with E-state index in [1.165, 1.54) is 18.2 Å². The van der Waals surface area contributed by atoms with Crippen LogP contribution in [-0.2, 0) is 6.18 Å². The summed E-state index contributed by atoms with van der Waals surface area (Å²) in [4.78, 5) is 16.2. The lowest BCUT2D eigenvalue weighted by atomic mass is 10.0. The summed E-state index contributed by atoms with van der Waals surface area (Å²) < 4.78 is 39.6. The molecule has 3 N–H and O–H groups in total. The van der Waals surface area contributed by atoms with Gasteiger partial charge in [-0.3, -0.25) is 4.98 Å². The van der Waals surface area contributed by atoms with Gasteiger partial charge in [-0.25, -0.2) is 4.79 Å². The molecule has 2 aromatic carbocycles. The number of urea groups is 1. The van der Waals surface area contributed by atoms with Gasteiger partial charge in [0.1, 0.15) is 0 Å². The highest BCUT2D eigenvalue weighted by atomic mass is 19.4. The van der Waals surface area contributed by atoms with Gasteiger partial charge in [-0.1, -0.05) is 30.3 Å². The van der Waals surface area contributed by atoms with Gasteiger partial charge in [-0.15, -0.1) is 0 Å². The maximum Gasteiger partial charge on any atom is 0.416 e. The topological polar surface area (TPSA) is 74.2 Å². The highest BCUT2D eigenvalue weighted by molar-refractivity contribution is 5.90. The molecule has 2 amide bonds. The molecule has 0 spiro atoms. The summed E-state index contributed by atoms with van der Waals surface area (Å²) in [6.07, 6.45) is -1.25. The number of rotatable bonds is 5. The Morgan fingerprint density at radius 1 is 0.966 bits per heavy atom. The molecule has 0 bridgehead atoms. The van der Waals surface area contributed by atoms with Crippen molar-refractivity contribution in [2.45, 2.75) is 12.2 Å². The van der Waals surface area contributed by atoms with Gasteiger partial charge in [-0.05, 0) is 47.0 Å². The second-order valence-corrected chi connectivity index (χ2v) is 6.23. The number of carbonyl (C=O) groups excluding carboxylic acids is 1. The smallest absolute Gasteiger partial charge is 0.394 e. The number of hydrogen-bond donors (Lipinski definition) is 3. The van der Waals surface area contributed by atoms with Crippen LogP contribution in [-0.4, -0.2) is 22.7 Å². The monoisotopic (exact) mass is 401 g/mol. The molecule has 0 unspecified atom stereocenters. The molecule has 0 aliphatic rings. The van der Waals surface area contributed by atoms with Gasteiger partial charge in [-0.2, -0.15) is 13.2 Å². The molecular formula is C21H18F3N3O2. The van der Waals surface area contributed by atoms with Crippen LogP contribution < -0.4 is 10.6 Å². The van der Waals surface area contributed by atoms with Crippen molar-refractivity contribution >= 4 is 11.7 Å². The van der Waals surface area contributed by atoms with E-state index in [1.54, 1.807) is 36.7 Å². The molecule has 0 aliphatic carbocycles. The zero-order chi connectivity index (χ0) is 20.9. The predicted octanol–water partition coefficient (Wildman–Crippen LogP) is 4.62. The summed E-state index contributed by atoms with van der Waals surface area (Å²) in [5.41, 5.74) is 1.23. The normalized spacial score (nSPS) is 12.3. The van der Waals surface area contributed by atoms with Gasteiger partial charge < -0.3 is 15.7 Å². The van der Waals surface area contributed by atoms with Crippen molar-refractivity contribution in [3.05, 3.63) is 84.2 Å². The lowest BCUT2D eigenvalue weighted by Crippen LogP contribution is -2.35. The minimum Gasteiger partial charge on any atom is -0.394 e. The maximum atomic E-state index is 13.2. The quantitative estimate of drug-likeness (QED) is 0.584. The molecule has 150 valence electrons. The summed E-state index contributed by atoms with van der Waals surface area (Å²) in [6, 6.07) is 13.5. The van der Waals surface area contributed by atoms with Crippen molar-refractivity contribution < 1.29 is 23.1 Å². The Kier molecular flexibility index (Phi) is 6.13. The number of pyridine rings is 1. The van der Waals surface area contributed by atoms with Crippen LogP contribution in [0.4, 0.5) is 23.7 Å². The van der Waals surface area contributed by atoms with Crippen molar-refractivity contribution in [1.29, 1.82) is 0 Å². The molecule has 0 aliphatic heterocycles. The first-order valence-corrected chi connectivity index (χ1v) is 8.73.